The fraction of sp³-hybridized carbons (Fsp3) is 0.0435. The first-order valence-electron chi connectivity index (χ1n) is 9.26. The highest BCUT2D eigenvalue weighted by molar-refractivity contribution is 6.29. The lowest BCUT2D eigenvalue weighted by Gasteiger charge is -2.11. The van der Waals surface area contributed by atoms with Gasteiger partial charge >= 0.3 is 0 Å². The van der Waals surface area contributed by atoms with Crippen LogP contribution in [0.5, 0.6) is 11.5 Å². The largest absolute Gasteiger partial charge is 0.454 e. The minimum absolute atomic E-state index is 0.107. The highest BCUT2D eigenvalue weighted by Gasteiger charge is 2.19. The number of hydrogen-bond donors (Lipinski definition) is 3. The molecular formula is C23H17FN2O5. The molecule has 1 heterocycles. The maximum Gasteiger partial charge on any atom is 0.274 e. The average Bonchev–Trinajstić information content (AvgIpc) is 3.26. The number of anilines is 1. The Morgan fingerprint density at radius 1 is 0.903 bits per heavy atom. The third-order valence-electron chi connectivity index (χ3n) is 4.62. The first-order valence-corrected chi connectivity index (χ1v) is 9.26. The van der Waals surface area contributed by atoms with Crippen LogP contribution in [0.25, 0.3) is 11.6 Å². The number of amides is 2. The van der Waals surface area contributed by atoms with Crippen molar-refractivity contribution in [2.75, 3.05) is 12.1 Å². The van der Waals surface area contributed by atoms with Crippen LogP contribution in [-0.4, -0.2) is 23.8 Å². The minimum atomic E-state index is -0.657. The first kappa shape index (κ1) is 20.1. The van der Waals surface area contributed by atoms with E-state index in [1.165, 1.54) is 36.4 Å². The highest BCUT2D eigenvalue weighted by atomic mass is 19.1. The lowest BCUT2D eigenvalue weighted by atomic mass is 10.0. The van der Waals surface area contributed by atoms with Crippen LogP contribution in [0.1, 0.15) is 21.5 Å². The van der Waals surface area contributed by atoms with Crippen LogP contribution in [0.3, 0.4) is 0 Å². The van der Waals surface area contributed by atoms with Gasteiger partial charge in [-0.05, 0) is 65.7 Å². The summed E-state index contributed by atoms with van der Waals surface area (Å²) in [6.45, 7) is 0.107. The van der Waals surface area contributed by atoms with Crippen LogP contribution in [0, 0.1) is 5.82 Å². The fourth-order valence-electron chi connectivity index (χ4n) is 3.04. The van der Waals surface area contributed by atoms with Gasteiger partial charge in [0.25, 0.3) is 11.8 Å². The Morgan fingerprint density at radius 2 is 1.58 bits per heavy atom. The van der Waals surface area contributed by atoms with E-state index in [9.17, 15) is 14.0 Å². The number of benzene rings is 3. The molecule has 0 aliphatic carbocycles. The van der Waals surface area contributed by atoms with Crippen molar-refractivity contribution in [3.05, 3.63) is 89.2 Å². The number of rotatable bonds is 5. The molecule has 7 nitrogen and oxygen atoms in total. The second-order valence-corrected chi connectivity index (χ2v) is 6.65. The molecule has 2 amide bonds. The van der Waals surface area contributed by atoms with Gasteiger partial charge in [-0.15, -0.1) is 0 Å². The number of halogens is 1. The average molecular weight is 420 g/mol. The molecule has 0 radical (unpaired) electrons. The third kappa shape index (κ3) is 4.54. The first-order chi connectivity index (χ1) is 15.0. The molecule has 0 bridgehead atoms. The molecule has 31 heavy (non-hydrogen) atoms. The van der Waals surface area contributed by atoms with Gasteiger partial charge in [0.1, 0.15) is 5.82 Å². The Morgan fingerprint density at radius 3 is 2.29 bits per heavy atom. The highest BCUT2D eigenvalue weighted by Crippen LogP contribution is 2.35. The van der Waals surface area contributed by atoms with Crippen molar-refractivity contribution in [3.63, 3.8) is 0 Å². The molecule has 8 heteroatoms. The van der Waals surface area contributed by atoms with Crippen molar-refractivity contribution in [3.8, 4) is 11.5 Å². The number of ether oxygens (including phenoxy) is 2. The van der Waals surface area contributed by atoms with Crippen LogP contribution in [-0.2, 0) is 4.79 Å². The van der Waals surface area contributed by atoms with Crippen LogP contribution < -0.4 is 20.3 Å². The lowest BCUT2D eigenvalue weighted by Crippen LogP contribution is -2.18. The predicted octanol–water partition coefficient (Wildman–Crippen LogP) is 3.85. The van der Waals surface area contributed by atoms with Crippen LogP contribution in [0.15, 0.2) is 66.7 Å². The Balaban J connectivity index is 1.66. The van der Waals surface area contributed by atoms with Crippen LogP contribution in [0.2, 0.25) is 0 Å². The molecule has 0 saturated heterocycles. The Labute approximate surface area is 176 Å². The summed E-state index contributed by atoms with van der Waals surface area (Å²) in [7, 11) is 0. The Hall–Kier alpha value is -4.17. The molecule has 1 aliphatic heterocycles. The number of nitrogens with one attached hydrogen (secondary N) is 2. The minimum Gasteiger partial charge on any atom is -0.454 e. The van der Waals surface area contributed by atoms with Gasteiger partial charge in [-0.3, -0.25) is 14.8 Å². The zero-order chi connectivity index (χ0) is 21.8. The molecule has 156 valence electrons. The Bertz CT molecular complexity index is 1160. The lowest BCUT2D eigenvalue weighted by molar-refractivity contribution is -0.111. The van der Waals surface area contributed by atoms with Crippen molar-refractivity contribution in [2.45, 2.75) is 0 Å². The number of carbonyl (C=O) groups is 2. The summed E-state index contributed by atoms with van der Waals surface area (Å²) >= 11 is 0. The van der Waals surface area contributed by atoms with E-state index in [0.29, 0.717) is 33.9 Å². The summed E-state index contributed by atoms with van der Waals surface area (Å²) in [6.07, 6.45) is 1.64. The van der Waals surface area contributed by atoms with Crippen molar-refractivity contribution in [2.24, 2.45) is 0 Å². The molecule has 1 aliphatic rings. The summed E-state index contributed by atoms with van der Waals surface area (Å²) in [5.41, 5.74) is 3.78. The molecular weight excluding hydrogens is 403 g/mol. The van der Waals surface area contributed by atoms with E-state index < -0.39 is 11.8 Å². The SMILES string of the molecule is O=C(Nc1ccc(C(=O)NO)cc1)/C(=C/c1ccc(F)cc1)c1ccc2c(c1)OCO2. The smallest absolute Gasteiger partial charge is 0.274 e. The maximum atomic E-state index is 13.3. The van der Waals surface area contributed by atoms with Crippen molar-refractivity contribution in [1.29, 1.82) is 0 Å². The topological polar surface area (TPSA) is 96.9 Å². The standard InChI is InChI=1S/C23H17FN2O5/c24-17-6-1-14(2-7-17)11-19(16-5-10-20-21(12-16)31-13-30-20)23(28)25-18-8-3-15(4-9-18)22(27)26-29/h1-12,29H,13H2,(H,25,28)(H,26,27)/b19-11+. The number of hydroxylamine groups is 1. The predicted molar refractivity (Wildman–Crippen MR) is 111 cm³/mol. The molecule has 0 atom stereocenters. The quantitative estimate of drug-likeness (QED) is 0.252. The van der Waals surface area contributed by atoms with Crippen LogP contribution >= 0.6 is 0 Å². The second-order valence-electron chi connectivity index (χ2n) is 6.65. The molecule has 3 N–H and O–H groups in total. The molecule has 0 saturated carbocycles. The molecule has 0 fully saturated rings. The third-order valence-corrected chi connectivity index (χ3v) is 4.62. The summed E-state index contributed by atoms with van der Waals surface area (Å²) < 4.78 is 24.0. The van der Waals surface area contributed by atoms with Crippen molar-refractivity contribution in [1.82, 2.24) is 5.48 Å². The molecule has 4 rings (SSSR count). The summed E-state index contributed by atoms with van der Waals surface area (Å²) in [5.74, 6) is -0.339. The van der Waals surface area contributed by atoms with Crippen molar-refractivity contribution < 1.29 is 28.7 Å². The van der Waals surface area contributed by atoms with Gasteiger partial charge in [-0.25, -0.2) is 9.87 Å². The number of hydrogen-bond acceptors (Lipinski definition) is 5. The zero-order valence-electron chi connectivity index (χ0n) is 16.1. The van der Waals surface area contributed by atoms with Gasteiger partial charge in [0, 0.05) is 16.8 Å². The fourth-order valence-corrected chi connectivity index (χ4v) is 3.04. The van der Waals surface area contributed by atoms with E-state index in [1.807, 2.05) is 0 Å². The van der Waals surface area contributed by atoms with E-state index in [2.05, 4.69) is 5.32 Å². The summed E-state index contributed by atoms with van der Waals surface area (Å²) in [4.78, 5) is 24.6. The van der Waals surface area contributed by atoms with Gasteiger partial charge in [0.2, 0.25) is 6.79 Å². The van der Waals surface area contributed by atoms with Gasteiger partial charge in [-0.2, -0.15) is 0 Å². The maximum absolute atomic E-state index is 13.3. The van der Waals surface area contributed by atoms with E-state index in [1.54, 1.807) is 41.9 Å². The van der Waals surface area contributed by atoms with Crippen LogP contribution in [0.4, 0.5) is 10.1 Å². The zero-order valence-corrected chi connectivity index (χ0v) is 16.1. The molecule has 3 aromatic carbocycles. The monoisotopic (exact) mass is 420 g/mol. The van der Waals surface area contributed by atoms with Gasteiger partial charge in [0.05, 0.1) is 0 Å². The van der Waals surface area contributed by atoms with E-state index in [4.69, 9.17) is 14.7 Å². The summed E-state index contributed by atoms with van der Waals surface area (Å²) in [5, 5.41) is 11.5. The number of carbonyl (C=O) groups excluding carboxylic acids is 2. The van der Waals surface area contributed by atoms with Crippen molar-refractivity contribution >= 4 is 29.2 Å². The second kappa shape index (κ2) is 8.68. The molecule has 3 aromatic rings. The normalized spacial score (nSPS) is 12.4. The number of fused-ring (bicyclic) bond motifs is 1. The van der Waals surface area contributed by atoms with Gasteiger partial charge in [0.15, 0.2) is 11.5 Å². The van der Waals surface area contributed by atoms with Gasteiger partial charge < -0.3 is 14.8 Å². The molecule has 0 spiro atoms. The molecule has 0 aromatic heterocycles. The Kier molecular flexibility index (Phi) is 5.63. The van der Waals surface area contributed by atoms with E-state index in [0.717, 1.165) is 0 Å². The van der Waals surface area contributed by atoms with E-state index >= 15 is 0 Å². The molecule has 0 unspecified atom stereocenters. The summed E-state index contributed by atoms with van der Waals surface area (Å²) in [6, 6.07) is 16.9. The van der Waals surface area contributed by atoms with E-state index in [-0.39, 0.29) is 18.2 Å². The van der Waals surface area contributed by atoms with Gasteiger partial charge in [-0.1, -0.05) is 18.2 Å².